The molecule has 1 rings (SSSR count). The third kappa shape index (κ3) is 21.6. The van der Waals surface area contributed by atoms with Gasteiger partial charge in [0.25, 0.3) is 0 Å². The first kappa shape index (κ1) is 38.9. The zero-order valence-corrected chi connectivity index (χ0v) is 25.5. The number of Topliss-reactive ketones (excluding diaryl/α,β-unsaturated/α-hetero) is 5. The van der Waals surface area contributed by atoms with Crippen molar-refractivity contribution >= 4 is 28.9 Å². The molecule has 0 N–H and O–H groups in total. The van der Waals surface area contributed by atoms with Gasteiger partial charge in [-0.1, -0.05) is 74.1 Å². The first-order valence-corrected chi connectivity index (χ1v) is 14.2. The van der Waals surface area contributed by atoms with Crippen LogP contribution in [0.3, 0.4) is 0 Å². The predicted octanol–water partition coefficient (Wildman–Crippen LogP) is 8.01. The summed E-state index contributed by atoms with van der Waals surface area (Å²) in [4.78, 5) is 53.0. The van der Waals surface area contributed by atoms with E-state index in [0.717, 1.165) is 19.3 Å². The van der Waals surface area contributed by atoms with Crippen LogP contribution in [0.15, 0.2) is 0 Å². The highest BCUT2D eigenvalue weighted by molar-refractivity contribution is 6.36. The number of carbonyl (C=O) groups is 5. The van der Waals surface area contributed by atoms with Gasteiger partial charge in [0.2, 0.25) is 5.78 Å². The van der Waals surface area contributed by atoms with E-state index in [1.54, 1.807) is 27.7 Å². The molecule has 0 spiro atoms. The number of rotatable bonds is 11. The minimum absolute atomic E-state index is 0.0949. The fourth-order valence-corrected chi connectivity index (χ4v) is 3.96. The van der Waals surface area contributed by atoms with E-state index in [9.17, 15) is 24.0 Å². The Kier molecular flexibility index (Phi) is 25.6. The fraction of sp³-hybridized carbons (Fsp3) is 0.839. The van der Waals surface area contributed by atoms with Crippen LogP contribution >= 0.6 is 0 Å². The monoisotopic (exact) mass is 510 g/mol. The summed E-state index contributed by atoms with van der Waals surface area (Å²) < 4.78 is 0. The van der Waals surface area contributed by atoms with Gasteiger partial charge >= 0.3 is 0 Å². The van der Waals surface area contributed by atoms with Crippen LogP contribution in [0.5, 0.6) is 0 Å². The minimum atomic E-state index is -0.329. The van der Waals surface area contributed by atoms with Crippen LogP contribution in [0.4, 0.5) is 0 Å². The molecule has 0 aromatic carbocycles. The minimum Gasteiger partial charge on any atom is -0.300 e. The highest BCUT2D eigenvalue weighted by Gasteiger charge is 2.25. The van der Waals surface area contributed by atoms with Crippen molar-refractivity contribution in [3.63, 3.8) is 0 Å². The SMILES string of the molecule is CCC(C(C)=O)C1CCCCC1.CCC(C)=O.CCC(C)C(=O)C(C)=O.CCC(C)CC(C)C(C)=O. The Hall–Kier alpha value is -1.65. The summed E-state index contributed by atoms with van der Waals surface area (Å²) in [6.07, 6.45) is 11.3. The molecule has 0 aromatic rings. The molecule has 212 valence electrons. The molecule has 0 amide bonds. The molecular formula is C31H58O5. The van der Waals surface area contributed by atoms with E-state index in [4.69, 9.17) is 0 Å². The van der Waals surface area contributed by atoms with E-state index in [2.05, 4.69) is 20.8 Å². The quantitative estimate of drug-likeness (QED) is 0.263. The molecule has 1 saturated carbocycles. The number of hydrogen-bond donors (Lipinski definition) is 0. The molecule has 0 saturated heterocycles. The van der Waals surface area contributed by atoms with Crippen molar-refractivity contribution in [2.24, 2.45) is 29.6 Å². The summed E-state index contributed by atoms with van der Waals surface area (Å²) in [5.74, 6) is 2.33. The maximum Gasteiger partial charge on any atom is 0.200 e. The van der Waals surface area contributed by atoms with Crippen LogP contribution in [-0.4, -0.2) is 28.9 Å². The molecule has 1 aliphatic carbocycles. The van der Waals surface area contributed by atoms with Crippen molar-refractivity contribution in [2.75, 3.05) is 0 Å². The lowest BCUT2D eigenvalue weighted by atomic mass is 9.77. The highest BCUT2D eigenvalue weighted by Crippen LogP contribution is 2.32. The molecule has 0 aliphatic heterocycles. The zero-order chi connectivity index (χ0) is 28.8. The van der Waals surface area contributed by atoms with E-state index in [0.29, 0.717) is 35.7 Å². The van der Waals surface area contributed by atoms with Gasteiger partial charge < -0.3 is 4.79 Å². The Morgan fingerprint density at radius 2 is 1.14 bits per heavy atom. The second-order valence-electron chi connectivity index (χ2n) is 10.6. The van der Waals surface area contributed by atoms with E-state index in [-0.39, 0.29) is 29.2 Å². The van der Waals surface area contributed by atoms with Gasteiger partial charge in [-0.15, -0.1) is 0 Å². The van der Waals surface area contributed by atoms with E-state index < -0.39 is 0 Å². The van der Waals surface area contributed by atoms with Gasteiger partial charge in [-0.05, 0) is 64.7 Å². The van der Waals surface area contributed by atoms with Gasteiger partial charge in [0.1, 0.15) is 17.3 Å². The Balaban J connectivity index is -0.000000420. The van der Waals surface area contributed by atoms with Gasteiger partial charge in [0, 0.05) is 31.1 Å². The van der Waals surface area contributed by atoms with Crippen molar-refractivity contribution in [3.8, 4) is 0 Å². The lowest BCUT2D eigenvalue weighted by Gasteiger charge is -2.27. The average Bonchev–Trinajstić information content (AvgIpc) is 2.84. The average molecular weight is 511 g/mol. The molecule has 0 radical (unpaired) electrons. The van der Waals surface area contributed by atoms with Crippen LogP contribution in [-0.2, 0) is 24.0 Å². The summed E-state index contributed by atoms with van der Waals surface area (Å²) in [7, 11) is 0. The van der Waals surface area contributed by atoms with Crippen molar-refractivity contribution in [1.29, 1.82) is 0 Å². The standard InChI is InChI=1S/C11H20O.C9H18O.C7H12O2.C4H8O/c1-3-11(9(2)12)10-7-5-4-6-8-10;1-5-7(2)6-8(3)9(4)10;1-4-5(2)7(9)6(3)8;1-3-4(2)5/h10-11H,3-8H2,1-2H3;7-8H,5-6H2,1-4H3;5H,4H2,1-3H3;3H2,1-2H3. The maximum atomic E-state index is 11.3. The lowest BCUT2D eigenvalue weighted by molar-refractivity contribution is -0.137. The molecule has 1 fully saturated rings. The molecule has 36 heavy (non-hydrogen) atoms. The zero-order valence-electron chi connectivity index (χ0n) is 25.5. The van der Waals surface area contributed by atoms with Crippen LogP contribution in [0.1, 0.15) is 140 Å². The molecule has 4 atom stereocenters. The largest absolute Gasteiger partial charge is 0.300 e. The highest BCUT2D eigenvalue weighted by atomic mass is 16.2. The normalized spacial score (nSPS) is 16.2. The van der Waals surface area contributed by atoms with Crippen LogP contribution in [0, 0.1) is 29.6 Å². The van der Waals surface area contributed by atoms with Gasteiger partial charge in [0.15, 0.2) is 5.78 Å². The number of carbonyl (C=O) groups excluding carboxylic acids is 5. The third-order valence-corrected chi connectivity index (χ3v) is 7.23. The molecule has 5 heteroatoms. The molecule has 0 bridgehead atoms. The second-order valence-corrected chi connectivity index (χ2v) is 10.6. The third-order valence-electron chi connectivity index (χ3n) is 7.23. The maximum absolute atomic E-state index is 11.3. The Morgan fingerprint density at radius 1 is 0.667 bits per heavy atom. The summed E-state index contributed by atoms with van der Waals surface area (Å²) in [5, 5.41) is 0. The molecule has 0 aromatic heterocycles. The topological polar surface area (TPSA) is 85.3 Å². The van der Waals surface area contributed by atoms with Crippen LogP contribution < -0.4 is 0 Å². The van der Waals surface area contributed by atoms with Gasteiger partial charge in [-0.2, -0.15) is 0 Å². The van der Waals surface area contributed by atoms with Crippen molar-refractivity contribution in [1.82, 2.24) is 0 Å². The van der Waals surface area contributed by atoms with Crippen molar-refractivity contribution < 1.29 is 24.0 Å². The van der Waals surface area contributed by atoms with Gasteiger partial charge in [-0.3, -0.25) is 19.2 Å². The summed E-state index contributed by atoms with van der Waals surface area (Å²) in [6, 6.07) is 0. The molecule has 5 nitrogen and oxygen atoms in total. The molecule has 4 unspecified atom stereocenters. The van der Waals surface area contributed by atoms with Crippen molar-refractivity contribution in [3.05, 3.63) is 0 Å². The van der Waals surface area contributed by atoms with Crippen LogP contribution in [0.25, 0.3) is 0 Å². The summed E-state index contributed by atoms with van der Waals surface area (Å²) in [5.41, 5.74) is 0. The second kappa shape index (κ2) is 23.7. The van der Waals surface area contributed by atoms with Gasteiger partial charge in [0.05, 0.1) is 0 Å². The fourth-order valence-electron chi connectivity index (χ4n) is 3.96. The Labute approximate surface area is 223 Å². The smallest absolute Gasteiger partial charge is 0.200 e. The Morgan fingerprint density at radius 3 is 1.39 bits per heavy atom. The molecule has 0 heterocycles. The Bertz CT molecular complexity index is 631. The van der Waals surface area contributed by atoms with Gasteiger partial charge in [-0.25, -0.2) is 0 Å². The summed E-state index contributed by atoms with van der Waals surface area (Å²) in [6.45, 7) is 20.3. The number of hydrogen-bond acceptors (Lipinski definition) is 5. The number of ketones is 5. The predicted molar refractivity (Wildman–Crippen MR) is 151 cm³/mol. The van der Waals surface area contributed by atoms with Crippen molar-refractivity contribution in [2.45, 2.75) is 140 Å². The van der Waals surface area contributed by atoms with E-state index >= 15 is 0 Å². The molecular weight excluding hydrogens is 452 g/mol. The van der Waals surface area contributed by atoms with E-state index in [1.165, 1.54) is 45.4 Å². The first-order chi connectivity index (χ1) is 16.7. The van der Waals surface area contributed by atoms with E-state index in [1.807, 2.05) is 20.8 Å². The first-order valence-electron chi connectivity index (χ1n) is 14.2. The van der Waals surface area contributed by atoms with Crippen LogP contribution in [0.2, 0.25) is 0 Å². The molecule has 1 aliphatic rings. The summed E-state index contributed by atoms with van der Waals surface area (Å²) >= 11 is 0. The lowest BCUT2D eigenvalue weighted by Crippen LogP contribution is -2.23.